The molecule has 0 aliphatic carbocycles. The number of nitrogens with zero attached hydrogens (tertiary/aromatic N) is 2. The van der Waals surface area contributed by atoms with Crippen LogP contribution in [0.5, 0.6) is 0 Å². The lowest BCUT2D eigenvalue weighted by atomic mass is 9.87. The average Bonchev–Trinajstić information content (AvgIpc) is 2.72. The number of aromatic nitrogens is 2. The molecule has 2 N–H and O–H groups in total. The Morgan fingerprint density at radius 3 is 2.24 bits per heavy atom. The van der Waals surface area contributed by atoms with Gasteiger partial charge >= 0.3 is 0 Å². The number of anilines is 1. The quantitative estimate of drug-likeness (QED) is 0.693. The van der Waals surface area contributed by atoms with Crippen LogP contribution >= 0.6 is 0 Å². The number of benzene rings is 1. The van der Waals surface area contributed by atoms with Gasteiger partial charge in [0.05, 0.1) is 23.4 Å². The van der Waals surface area contributed by atoms with Gasteiger partial charge in [0.2, 0.25) is 0 Å². The molecule has 0 aliphatic rings. The average molecular weight is 388 g/mol. The fourth-order valence-corrected chi connectivity index (χ4v) is 2.72. The Morgan fingerprint density at radius 1 is 0.931 bits per heavy atom. The lowest BCUT2D eigenvalue weighted by Crippen LogP contribution is -2.24. The van der Waals surface area contributed by atoms with Gasteiger partial charge in [0.1, 0.15) is 0 Å². The number of rotatable bonds is 5. The van der Waals surface area contributed by atoms with Gasteiger partial charge in [-0.2, -0.15) is 0 Å². The lowest BCUT2D eigenvalue weighted by Gasteiger charge is -2.19. The van der Waals surface area contributed by atoms with E-state index in [9.17, 15) is 9.59 Å². The SMILES string of the molecule is CC(C)(C)c1ccc(NC(=O)c2cncc(C(=O)NCc3ccccn3)c2)cc1. The zero-order valence-corrected chi connectivity index (χ0v) is 16.8. The van der Waals surface area contributed by atoms with E-state index >= 15 is 0 Å². The summed E-state index contributed by atoms with van der Waals surface area (Å²) in [5.74, 6) is -0.632. The monoisotopic (exact) mass is 388 g/mol. The number of carbonyl (C=O) groups is 2. The zero-order valence-electron chi connectivity index (χ0n) is 16.8. The Balaban J connectivity index is 1.65. The standard InChI is InChI=1S/C23H24N4O2/c1-23(2,3)18-7-9-19(10-8-18)27-22(29)17-12-16(13-24-14-17)21(28)26-15-20-6-4-5-11-25-20/h4-14H,15H2,1-3H3,(H,26,28)(H,27,29). The minimum Gasteiger partial charge on any atom is -0.346 e. The highest BCUT2D eigenvalue weighted by Crippen LogP contribution is 2.23. The third kappa shape index (κ3) is 5.48. The van der Waals surface area contributed by atoms with Crippen molar-refractivity contribution in [3.05, 3.63) is 89.5 Å². The smallest absolute Gasteiger partial charge is 0.257 e. The van der Waals surface area contributed by atoms with Crippen LogP contribution in [-0.4, -0.2) is 21.8 Å². The van der Waals surface area contributed by atoms with E-state index in [0.29, 0.717) is 23.4 Å². The maximum atomic E-state index is 12.6. The van der Waals surface area contributed by atoms with Gasteiger partial charge in [0.15, 0.2) is 0 Å². The largest absolute Gasteiger partial charge is 0.346 e. The van der Waals surface area contributed by atoms with E-state index in [-0.39, 0.29) is 17.2 Å². The Labute approximate surface area is 170 Å². The fourth-order valence-electron chi connectivity index (χ4n) is 2.72. The van der Waals surface area contributed by atoms with Gasteiger partial charge in [-0.15, -0.1) is 0 Å². The minimum atomic E-state index is -0.319. The molecule has 3 rings (SSSR count). The first kappa shape index (κ1) is 20.2. The van der Waals surface area contributed by atoms with Crippen molar-refractivity contribution in [3.8, 4) is 0 Å². The first-order valence-electron chi connectivity index (χ1n) is 9.38. The molecule has 0 saturated carbocycles. The summed E-state index contributed by atoms with van der Waals surface area (Å²) in [4.78, 5) is 33.1. The highest BCUT2D eigenvalue weighted by Gasteiger charge is 2.14. The Morgan fingerprint density at radius 2 is 1.62 bits per heavy atom. The van der Waals surface area contributed by atoms with E-state index in [1.807, 2.05) is 42.5 Å². The number of hydrogen-bond acceptors (Lipinski definition) is 4. The molecule has 0 radical (unpaired) electrons. The maximum absolute atomic E-state index is 12.6. The van der Waals surface area contributed by atoms with E-state index in [2.05, 4.69) is 41.4 Å². The molecule has 6 heteroatoms. The van der Waals surface area contributed by atoms with Crippen LogP contribution in [0.2, 0.25) is 0 Å². The number of amides is 2. The minimum absolute atomic E-state index is 0.0451. The molecule has 1 aromatic carbocycles. The molecule has 2 heterocycles. The molecule has 6 nitrogen and oxygen atoms in total. The van der Waals surface area contributed by atoms with Gasteiger partial charge in [-0.1, -0.05) is 39.0 Å². The summed E-state index contributed by atoms with van der Waals surface area (Å²) in [6.45, 7) is 6.71. The first-order chi connectivity index (χ1) is 13.8. The van der Waals surface area contributed by atoms with Crippen LogP contribution in [0.1, 0.15) is 52.7 Å². The van der Waals surface area contributed by atoms with Crippen molar-refractivity contribution in [2.24, 2.45) is 0 Å². The topological polar surface area (TPSA) is 84.0 Å². The van der Waals surface area contributed by atoms with Crippen molar-refractivity contribution in [1.82, 2.24) is 15.3 Å². The van der Waals surface area contributed by atoms with E-state index in [1.54, 1.807) is 6.20 Å². The van der Waals surface area contributed by atoms with Crippen molar-refractivity contribution in [2.45, 2.75) is 32.7 Å². The van der Waals surface area contributed by atoms with Crippen LogP contribution in [0, 0.1) is 0 Å². The van der Waals surface area contributed by atoms with E-state index < -0.39 is 0 Å². The number of carbonyl (C=O) groups excluding carboxylic acids is 2. The van der Waals surface area contributed by atoms with E-state index in [4.69, 9.17) is 0 Å². The van der Waals surface area contributed by atoms with Crippen molar-refractivity contribution < 1.29 is 9.59 Å². The van der Waals surface area contributed by atoms with Gasteiger partial charge in [0, 0.05) is 24.3 Å². The Hall–Kier alpha value is -3.54. The second kappa shape index (κ2) is 8.65. The predicted molar refractivity (Wildman–Crippen MR) is 113 cm³/mol. The molecule has 0 atom stereocenters. The summed E-state index contributed by atoms with van der Waals surface area (Å²) < 4.78 is 0. The second-order valence-electron chi connectivity index (χ2n) is 7.75. The molecule has 2 aromatic heterocycles. The Kier molecular flexibility index (Phi) is 6.02. The van der Waals surface area contributed by atoms with Crippen molar-refractivity contribution in [3.63, 3.8) is 0 Å². The highest BCUT2D eigenvalue weighted by molar-refractivity contribution is 6.05. The third-order valence-electron chi connectivity index (χ3n) is 4.43. The lowest BCUT2D eigenvalue weighted by molar-refractivity contribution is 0.0950. The van der Waals surface area contributed by atoms with Crippen LogP contribution in [-0.2, 0) is 12.0 Å². The van der Waals surface area contributed by atoms with Crippen LogP contribution < -0.4 is 10.6 Å². The number of nitrogens with one attached hydrogen (secondary N) is 2. The van der Waals surface area contributed by atoms with Crippen molar-refractivity contribution in [2.75, 3.05) is 5.32 Å². The molecule has 0 fully saturated rings. The zero-order chi connectivity index (χ0) is 20.9. The molecular weight excluding hydrogens is 364 g/mol. The molecular formula is C23H24N4O2. The van der Waals surface area contributed by atoms with Gasteiger partial charge in [-0.25, -0.2) is 0 Å². The number of pyridine rings is 2. The molecule has 3 aromatic rings. The van der Waals surface area contributed by atoms with Gasteiger partial charge in [0.25, 0.3) is 11.8 Å². The van der Waals surface area contributed by atoms with Crippen LogP contribution in [0.15, 0.2) is 67.1 Å². The molecule has 29 heavy (non-hydrogen) atoms. The summed E-state index contributed by atoms with van der Waals surface area (Å²) in [5.41, 5.74) is 3.30. The fraction of sp³-hybridized carbons (Fsp3) is 0.217. The first-order valence-corrected chi connectivity index (χ1v) is 9.38. The summed E-state index contributed by atoms with van der Waals surface area (Å²) in [5, 5.41) is 5.62. The van der Waals surface area contributed by atoms with Crippen molar-refractivity contribution >= 4 is 17.5 Å². The third-order valence-corrected chi connectivity index (χ3v) is 4.43. The summed E-state index contributed by atoms with van der Waals surface area (Å²) >= 11 is 0. The van der Waals surface area contributed by atoms with Crippen LogP contribution in [0.4, 0.5) is 5.69 Å². The molecule has 0 aliphatic heterocycles. The second-order valence-corrected chi connectivity index (χ2v) is 7.75. The molecule has 0 saturated heterocycles. The van der Waals surface area contributed by atoms with E-state index in [0.717, 1.165) is 5.69 Å². The van der Waals surface area contributed by atoms with Crippen LogP contribution in [0.3, 0.4) is 0 Å². The van der Waals surface area contributed by atoms with Gasteiger partial charge in [-0.05, 0) is 41.3 Å². The molecule has 0 bridgehead atoms. The summed E-state index contributed by atoms with van der Waals surface area (Å²) in [6.07, 6.45) is 4.54. The van der Waals surface area contributed by atoms with Gasteiger partial charge in [-0.3, -0.25) is 19.6 Å². The van der Waals surface area contributed by atoms with Crippen LogP contribution in [0.25, 0.3) is 0 Å². The summed E-state index contributed by atoms with van der Waals surface area (Å²) in [7, 11) is 0. The number of hydrogen-bond donors (Lipinski definition) is 2. The Bertz CT molecular complexity index is 993. The predicted octanol–water partition coefficient (Wildman–Crippen LogP) is 3.96. The molecule has 148 valence electrons. The maximum Gasteiger partial charge on any atom is 0.257 e. The molecule has 0 unspecified atom stereocenters. The van der Waals surface area contributed by atoms with E-state index in [1.165, 1.54) is 24.0 Å². The highest BCUT2D eigenvalue weighted by atomic mass is 16.2. The summed E-state index contributed by atoms with van der Waals surface area (Å²) in [6, 6.07) is 14.8. The molecule has 0 spiro atoms. The molecule has 2 amide bonds. The normalized spacial score (nSPS) is 11.0. The van der Waals surface area contributed by atoms with Gasteiger partial charge < -0.3 is 10.6 Å². The van der Waals surface area contributed by atoms with Crippen molar-refractivity contribution in [1.29, 1.82) is 0 Å².